The summed E-state index contributed by atoms with van der Waals surface area (Å²) >= 11 is 0. The number of aliphatic carboxylic acids is 1. The number of carbonyl (C=O) groups excluding carboxylic acids is 2. The third kappa shape index (κ3) is 7.24. The van der Waals surface area contributed by atoms with Gasteiger partial charge >= 0.3 is 5.97 Å². The quantitative estimate of drug-likeness (QED) is 0.292. The summed E-state index contributed by atoms with van der Waals surface area (Å²) in [4.78, 5) is 36.0. The molecule has 1 N–H and O–H groups in total. The Hall–Kier alpha value is -3.53. The third-order valence-corrected chi connectivity index (χ3v) is 7.34. The van der Waals surface area contributed by atoms with E-state index in [4.69, 9.17) is 5.11 Å². The normalized spacial score (nSPS) is 17.4. The van der Waals surface area contributed by atoms with Gasteiger partial charge in [-0.3, -0.25) is 14.4 Å². The molecule has 0 atom stereocenters. The van der Waals surface area contributed by atoms with Gasteiger partial charge in [-0.15, -0.1) is 0 Å². The first-order valence-corrected chi connectivity index (χ1v) is 13.0. The zero-order valence-electron chi connectivity index (χ0n) is 20.7. The van der Waals surface area contributed by atoms with Gasteiger partial charge in [-0.2, -0.15) is 0 Å². The van der Waals surface area contributed by atoms with Gasteiger partial charge in [0.25, 0.3) is 0 Å². The molecule has 0 radical (unpaired) electrons. The lowest BCUT2D eigenvalue weighted by molar-refractivity contribution is -0.138. The largest absolute Gasteiger partial charge is 0.481 e. The molecule has 0 amide bonds. The lowest BCUT2D eigenvalue weighted by Crippen LogP contribution is -2.16. The second-order valence-electron chi connectivity index (χ2n) is 9.99. The van der Waals surface area contributed by atoms with Crippen molar-refractivity contribution in [3.8, 4) is 11.1 Å². The molecular formula is C32H34O4. The SMILES string of the molecule is O=C(O)CC1CCC(c2ccc(CC(=O)CCCC(=O)c3ccc(-c4ccccc4)cc3)cc2)CC1. The average molecular weight is 483 g/mol. The number of carbonyl (C=O) groups is 3. The number of Topliss-reactive ketones (excluding diaryl/α,β-unsaturated/α-hetero) is 2. The van der Waals surface area contributed by atoms with Gasteiger partial charge in [-0.05, 0) is 66.2 Å². The van der Waals surface area contributed by atoms with E-state index in [1.54, 1.807) is 0 Å². The van der Waals surface area contributed by atoms with Gasteiger partial charge in [0.2, 0.25) is 0 Å². The highest BCUT2D eigenvalue weighted by atomic mass is 16.4. The van der Waals surface area contributed by atoms with Crippen LogP contribution in [-0.2, 0) is 16.0 Å². The smallest absolute Gasteiger partial charge is 0.303 e. The van der Waals surface area contributed by atoms with Crippen LogP contribution in [0.5, 0.6) is 0 Å². The molecular weight excluding hydrogens is 448 g/mol. The van der Waals surface area contributed by atoms with Crippen molar-refractivity contribution in [1.29, 1.82) is 0 Å². The van der Waals surface area contributed by atoms with Crippen molar-refractivity contribution in [2.24, 2.45) is 5.92 Å². The van der Waals surface area contributed by atoms with Crippen molar-refractivity contribution in [3.63, 3.8) is 0 Å². The Bertz CT molecular complexity index is 1160. The minimum atomic E-state index is -0.700. The number of ketones is 2. The van der Waals surface area contributed by atoms with Crippen molar-refractivity contribution in [1.82, 2.24) is 0 Å². The first-order chi connectivity index (χ1) is 17.5. The van der Waals surface area contributed by atoms with E-state index in [9.17, 15) is 14.4 Å². The Morgan fingerprint density at radius 1 is 0.722 bits per heavy atom. The highest BCUT2D eigenvalue weighted by Crippen LogP contribution is 2.37. The highest BCUT2D eigenvalue weighted by molar-refractivity contribution is 5.96. The van der Waals surface area contributed by atoms with E-state index in [0.29, 0.717) is 43.1 Å². The van der Waals surface area contributed by atoms with Gasteiger partial charge in [0.15, 0.2) is 5.78 Å². The topological polar surface area (TPSA) is 71.4 Å². The summed E-state index contributed by atoms with van der Waals surface area (Å²) in [6.07, 6.45) is 6.00. The molecule has 1 saturated carbocycles. The number of rotatable bonds is 11. The second-order valence-corrected chi connectivity index (χ2v) is 9.99. The van der Waals surface area contributed by atoms with Crippen LogP contribution in [0.1, 0.15) is 78.8 Å². The summed E-state index contributed by atoms with van der Waals surface area (Å²) in [5.41, 5.74) is 5.18. The van der Waals surface area contributed by atoms with Gasteiger partial charge in [-0.1, -0.05) is 78.9 Å². The van der Waals surface area contributed by atoms with Gasteiger partial charge in [-0.25, -0.2) is 0 Å². The minimum absolute atomic E-state index is 0.0739. The molecule has 0 aromatic heterocycles. The van der Waals surface area contributed by atoms with E-state index in [1.807, 2.05) is 66.7 Å². The van der Waals surface area contributed by atoms with Crippen molar-refractivity contribution in [2.45, 2.75) is 63.7 Å². The summed E-state index contributed by atoms with van der Waals surface area (Å²) in [5, 5.41) is 8.99. The molecule has 0 heterocycles. The molecule has 1 fully saturated rings. The number of benzene rings is 3. The molecule has 186 valence electrons. The first-order valence-electron chi connectivity index (χ1n) is 13.0. The van der Waals surface area contributed by atoms with Crippen molar-refractivity contribution < 1.29 is 19.5 Å². The zero-order chi connectivity index (χ0) is 25.3. The Labute approximate surface area is 213 Å². The van der Waals surface area contributed by atoms with Crippen LogP contribution in [0.4, 0.5) is 0 Å². The highest BCUT2D eigenvalue weighted by Gasteiger charge is 2.24. The minimum Gasteiger partial charge on any atom is -0.481 e. The van der Waals surface area contributed by atoms with E-state index < -0.39 is 5.97 Å². The van der Waals surface area contributed by atoms with E-state index in [-0.39, 0.29) is 18.0 Å². The van der Waals surface area contributed by atoms with E-state index in [1.165, 1.54) is 5.56 Å². The number of hydrogen-bond donors (Lipinski definition) is 1. The molecule has 0 aliphatic heterocycles. The molecule has 1 aliphatic carbocycles. The number of carboxylic acids is 1. The monoisotopic (exact) mass is 482 g/mol. The molecule has 36 heavy (non-hydrogen) atoms. The molecule has 4 rings (SSSR count). The molecule has 4 nitrogen and oxygen atoms in total. The lowest BCUT2D eigenvalue weighted by Gasteiger charge is -2.28. The van der Waals surface area contributed by atoms with Gasteiger partial charge in [0.05, 0.1) is 0 Å². The van der Waals surface area contributed by atoms with Crippen molar-refractivity contribution in [2.75, 3.05) is 0 Å². The van der Waals surface area contributed by atoms with E-state index in [2.05, 4.69) is 12.1 Å². The lowest BCUT2D eigenvalue weighted by atomic mass is 9.77. The van der Waals surface area contributed by atoms with Gasteiger partial charge < -0.3 is 5.11 Å². The molecule has 3 aromatic rings. The standard InChI is InChI=1S/C32H34O4/c33-30(7-4-8-31(34)29-19-17-28(18-20-29)25-5-2-1-3-6-25)21-23-9-13-26(14-10-23)27-15-11-24(12-16-27)22-32(35)36/h1-3,5-6,9-10,13-14,17-20,24,27H,4,7-8,11-12,15-16,21-22H2,(H,35,36). The van der Waals surface area contributed by atoms with Crippen LogP contribution in [0.25, 0.3) is 11.1 Å². The van der Waals surface area contributed by atoms with Crippen LogP contribution in [0.15, 0.2) is 78.9 Å². The third-order valence-electron chi connectivity index (χ3n) is 7.34. The van der Waals surface area contributed by atoms with Gasteiger partial charge in [0, 0.05) is 31.2 Å². The maximum atomic E-state index is 12.6. The zero-order valence-corrected chi connectivity index (χ0v) is 20.7. The van der Waals surface area contributed by atoms with Gasteiger partial charge in [0.1, 0.15) is 5.78 Å². The summed E-state index contributed by atoms with van der Waals surface area (Å²) in [6, 6.07) is 26.1. The van der Waals surface area contributed by atoms with Crippen LogP contribution in [-0.4, -0.2) is 22.6 Å². The Morgan fingerprint density at radius 3 is 2.00 bits per heavy atom. The second kappa shape index (κ2) is 12.4. The predicted molar refractivity (Wildman–Crippen MR) is 142 cm³/mol. The Balaban J connectivity index is 1.19. The molecule has 0 unspecified atom stereocenters. The maximum Gasteiger partial charge on any atom is 0.303 e. The number of hydrogen-bond acceptors (Lipinski definition) is 3. The summed E-state index contributed by atoms with van der Waals surface area (Å²) in [5.74, 6) is 0.312. The fourth-order valence-electron chi connectivity index (χ4n) is 5.24. The van der Waals surface area contributed by atoms with Crippen LogP contribution in [0.2, 0.25) is 0 Å². The first kappa shape index (κ1) is 25.6. The number of carboxylic acid groups (broad SMARTS) is 1. The average Bonchev–Trinajstić information content (AvgIpc) is 2.90. The molecule has 0 bridgehead atoms. The Morgan fingerprint density at radius 2 is 1.36 bits per heavy atom. The maximum absolute atomic E-state index is 12.6. The Kier molecular flexibility index (Phi) is 8.83. The fraction of sp³-hybridized carbons (Fsp3) is 0.344. The predicted octanol–water partition coefficient (Wildman–Crippen LogP) is 7.27. The van der Waals surface area contributed by atoms with E-state index >= 15 is 0 Å². The van der Waals surface area contributed by atoms with E-state index in [0.717, 1.165) is 42.4 Å². The molecule has 0 saturated heterocycles. The van der Waals surface area contributed by atoms with Crippen molar-refractivity contribution in [3.05, 3.63) is 95.6 Å². The van der Waals surface area contributed by atoms with Crippen LogP contribution in [0.3, 0.4) is 0 Å². The van der Waals surface area contributed by atoms with Crippen LogP contribution in [0, 0.1) is 5.92 Å². The molecule has 3 aromatic carbocycles. The molecule has 4 heteroatoms. The fourth-order valence-corrected chi connectivity index (χ4v) is 5.24. The summed E-state index contributed by atoms with van der Waals surface area (Å²) in [6.45, 7) is 0. The molecule has 0 spiro atoms. The summed E-state index contributed by atoms with van der Waals surface area (Å²) < 4.78 is 0. The summed E-state index contributed by atoms with van der Waals surface area (Å²) in [7, 11) is 0. The molecule has 1 aliphatic rings. The van der Waals surface area contributed by atoms with Crippen molar-refractivity contribution >= 4 is 17.5 Å². The van der Waals surface area contributed by atoms with Crippen LogP contribution < -0.4 is 0 Å². The van der Waals surface area contributed by atoms with Crippen LogP contribution >= 0.6 is 0 Å².